The normalized spacial score (nSPS) is 11.8. The Labute approximate surface area is 126 Å². The second-order valence-electron chi connectivity index (χ2n) is 4.89. The van der Waals surface area contributed by atoms with Crippen LogP contribution in [-0.4, -0.2) is 21.6 Å². The number of hydrogen-bond acceptors (Lipinski definition) is 2. The van der Waals surface area contributed by atoms with Crippen LogP contribution in [0.15, 0.2) is 17.4 Å². The van der Waals surface area contributed by atoms with Gasteiger partial charge in [-0.2, -0.15) is 0 Å². The van der Waals surface area contributed by atoms with Crippen LogP contribution in [0.5, 0.6) is 0 Å². The molecule has 1 aromatic heterocycles. The van der Waals surface area contributed by atoms with Crippen LogP contribution in [0.3, 0.4) is 0 Å². The number of nitrogens with zero attached hydrogens (tertiary/aromatic N) is 3. The topological polar surface area (TPSA) is 68.2 Å². The third-order valence-electron chi connectivity index (χ3n) is 2.19. The zero-order valence-corrected chi connectivity index (χ0v) is 13.9. The van der Waals surface area contributed by atoms with E-state index in [0.29, 0.717) is 24.5 Å². The van der Waals surface area contributed by atoms with Crippen molar-refractivity contribution in [3.05, 3.63) is 18.2 Å². The molecule has 0 aromatic carbocycles. The molecule has 0 bridgehead atoms. The molecule has 6 heteroatoms. The van der Waals surface area contributed by atoms with E-state index in [1.165, 1.54) is 0 Å². The Morgan fingerprint density at radius 1 is 1.44 bits per heavy atom. The Bertz CT molecular complexity index is 370. The fourth-order valence-electron chi connectivity index (χ4n) is 1.55. The van der Waals surface area contributed by atoms with Crippen molar-refractivity contribution in [2.75, 3.05) is 0 Å². The van der Waals surface area contributed by atoms with Crippen molar-refractivity contribution in [1.29, 1.82) is 0 Å². The highest BCUT2D eigenvalue weighted by Gasteiger charge is 2.04. The molecule has 1 heterocycles. The summed E-state index contributed by atoms with van der Waals surface area (Å²) in [6, 6.07) is 0.300. The van der Waals surface area contributed by atoms with Crippen molar-refractivity contribution >= 4 is 29.9 Å². The van der Waals surface area contributed by atoms with Crippen molar-refractivity contribution in [1.82, 2.24) is 14.9 Å². The van der Waals surface area contributed by atoms with Gasteiger partial charge in [0.15, 0.2) is 5.96 Å². The van der Waals surface area contributed by atoms with E-state index in [9.17, 15) is 0 Å². The number of halogens is 1. The Morgan fingerprint density at radius 3 is 2.67 bits per heavy atom. The van der Waals surface area contributed by atoms with Gasteiger partial charge >= 0.3 is 0 Å². The summed E-state index contributed by atoms with van der Waals surface area (Å²) in [5.41, 5.74) is 5.74. The van der Waals surface area contributed by atoms with Gasteiger partial charge < -0.3 is 15.6 Å². The number of nitrogens with one attached hydrogen (secondary N) is 1. The fraction of sp³-hybridized carbons (Fsp3) is 0.667. The molecule has 0 amide bonds. The van der Waals surface area contributed by atoms with E-state index in [-0.39, 0.29) is 24.0 Å². The monoisotopic (exact) mass is 365 g/mol. The van der Waals surface area contributed by atoms with Crippen LogP contribution in [0.4, 0.5) is 0 Å². The molecule has 0 aliphatic carbocycles. The van der Waals surface area contributed by atoms with E-state index in [2.05, 4.69) is 33.7 Å². The predicted molar refractivity (Wildman–Crippen MR) is 86.1 cm³/mol. The van der Waals surface area contributed by atoms with Crippen LogP contribution in [-0.2, 0) is 13.1 Å². The average molecular weight is 365 g/mol. The van der Waals surface area contributed by atoms with Crippen LogP contribution >= 0.6 is 24.0 Å². The maximum atomic E-state index is 5.74. The first-order valence-electron chi connectivity index (χ1n) is 6.05. The highest BCUT2D eigenvalue weighted by Crippen LogP contribution is 2.04. The number of nitrogens with two attached hydrogens (primary N) is 1. The molecule has 0 fully saturated rings. The number of hydrogen-bond donors (Lipinski definition) is 2. The van der Waals surface area contributed by atoms with Gasteiger partial charge in [-0.05, 0) is 19.8 Å². The SMILES string of the molecule is CC(C)Cn1ccnc1CN=C(N)NC(C)C.I. The van der Waals surface area contributed by atoms with Crippen molar-refractivity contribution in [3.8, 4) is 0 Å². The standard InChI is InChI=1S/C12H23N5.HI/c1-9(2)8-17-6-5-14-11(17)7-15-12(13)16-10(3)4;/h5-6,9-10H,7-8H2,1-4H3,(H3,13,15,16);1H. The minimum absolute atomic E-state index is 0. The minimum Gasteiger partial charge on any atom is -0.370 e. The molecule has 1 rings (SSSR count). The highest BCUT2D eigenvalue weighted by molar-refractivity contribution is 14.0. The number of imidazole rings is 1. The van der Waals surface area contributed by atoms with Crippen LogP contribution in [0.25, 0.3) is 0 Å². The third kappa shape index (κ3) is 6.23. The van der Waals surface area contributed by atoms with Crippen molar-refractivity contribution in [2.45, 2.75) is 46.8 Å². The minimum atomic E-state index is 0. The summed E-state index contributed by atoms with van der Waals surface area (Å²) in [7, 11) is 0. The smallest absolute Gasteiger partial charge is 0.189 e. The van der Waals surface area contributed by atoms with E-state index < -0.39 is 0 Å². The van der Waals surface area contributed by atoms with Crippen molar-refractivity contribution in [3.63, 3.8) is 0 Å². The van der Waals surface area contributed by atoms with E-state index in [0.717, 1.165) is 12.4 Å². The highest BCUT2D eigenvalue weighted by atomic mass is 127. The maximum absolute atomic E-state index is 5.74. The van der Waals surface area contributed by atoms with Gasteiger partial charge in [-0.1, -0.05) is 13.8 Å². The molecule has 1 aromatic rings. The van der Waals surface area contributed by atoms with Crippen molar-refractivity contribution in [2.24, 2.45) is 16.6 Å². The van der Waals surface area contributed by atoms with E-state index >= 15 is 0 Å². The van der Waals surface area contributed by atoms with Gasteiger partial charge in [0.1, 0.15) is 12.4 Å². The molecule has 0 spiro atoms. The van der Waals surface area contributed by atoms with E-state index in [4.69, 9.17) is 5.73 Å². The van der Waals surface area contributed by atoms with Gasteiger partial charge in [0.25, 0.3) is 0 Å². The van der Waals surface area contributed by atoms with E-state index in [1.807, 2.05) is 20.0 Å². The molecular formula is C12H24IN5. The summed E-state index contributed by atoms with van der Waals surface area (Å²) in [6.45, 7) is 9.90. The van der Waals surface area contributed by atoms with Gasteiger partial charge in [0.2, 0.25) is 0 Å². The van der Waals surface area contributed by atoms with Gasteiger partial charge in [-0.25, -0.2) is 9.98 Å². The summed E-state index contributed by atoms with van der Waals surface area (Å²) < 4.78 is 2.12. The van der Waals surface area contributed by atoms with Crippen LogP contribution < -0.4 is 11.1 Å². The summed E-state index contributed by atoms with van der Waals surface area (Å²) in [6.07, 6.45) is 3.79. The molecule has 3 N–H and O–H groups in total. The van der Waals surface area contributed by atoms with Gasteiger partial charge in [0, 0.05) is 25.0 Å². The number of rotatable bonds is 5. The molecule has 0 radical (unpaired) electrons. The van der Waals surface area contributed by atoms with Crippen LogP contribution in [0.1, 0.15) is 33.5 Å². The lowest BCUT2D eigenvalue weighted by Crippen LogP contribution is -2.36. The van der Waals surface area contributed by atoms with Crippen LogP contribution in [0, 0.1) is 5.92 Å². The zero-order valence-electron chi connectivity index (χ0n) is 11.6. The lowest BCUT2D eigenvalue weighted by Gasteiger charge is -2.10. The molecule has 18 heavy (non-hydrogen) atoms. The molecule has 0 unspecified atom stereocenters. The van der Waals surface area contributed by atoms with Gasteiger partial charge in [0.05, 0.1) is 0 Å². The molecule has 0 saturated heterocycles. The molecule has 0 aliphatic heterocycles. The number of aromatic nitrogens is 2. The first kappa shape index (κ1) is 17.2. The van der Waals surface area contributed by atoms with Gasteiger partial charge in [-0.15, -0.1) is 24.0 Å². The average Bonchev–Trinajstić information content (AvgIpc) is 2.60. The molecule has 0 aliphatic rings. The van der Waals surface area contributed by atoms with Crippen LogP contribution in [0.2, 0.25) is 0 Å². The Morgan fingerprint density at radius 2 is 2.11 bits per heavy atom. The lowest BCUT2D eigenvalue weighted by atomic mass is 10.2. The quantitative estimate of drug-likeness (QED) is 0.476. The number of guanidine groups is 1. The maximum Gasteiger partial charge on any atom is 0.189 e. The van der Waals surface area contributed by atoms with Gasteiger partial charge in [-0.3, -0.25) is 0 Å². The Hall–Kier alpha value is -0.790. The van der Waals surface area contributed by atoms with Crippen molar-refractivity contribution < 1.29 is 0 Å². The largest absolute Gasteiger partial charge is 0.370 e. The molecule has 5 nitrogen and oxygen atoms in total. The molecule has 104 valence electrons. The van der Waals surface area contributed by atoms with E-state index in [1.54, 1.807) is 6.20 Å². The zero-order chi connectivity index (χ0) is 12.8. The molecular weight excluding hydrogens is 341 g/mol. The fourth-order valence-corrected chi connectivity index (χ4v) is 1.55. The second kappa shape index (κ2) is 8.34. The predicted octanol–water partition coefficient (Wildman–Crippen LogP) is 1.97. The third-order valence-corrected chi connectivity index (χ3v) is 2.19. The molecule has 0 atom stereocenters. The summed E-state index contributed by atoms with van der Waals surface area (Å²) in [5.74, 6) is 2.02. The Balaban J connectivity index is 0.00000289. The first-order chi connectivity index (χ1) is 7.99. The first-order valence-corrected chi connectivity index (χ1v) is 6.05. The molecule has 0 saturated carbocycles. The summed E-state index contributed by atoms with van der Waals surface area (Å²) in [5, 5.41) is 3.06. The summed E-state index contributed by atoms with van der Waals surface area (Å²) >= 11 is 0. The second-order valence-corrected chi connectivity index (χ2v) is 4.89. The summed E-state index contributed by atoms with van der Waals surface area (Å²) in [4.78, 5) is 8.57. The lowest BCUT2D eigenvalue weighted by molar-refractivity contribution is 0.507. The Kier molecular flexibility index (Phi) is 7.97. The number of aliphatic imine (C=N–C) groups is 1.